The third kappa shape index (κ3) is 3.78. The van der Waals surface area contributed by atoms with Gasteiger partial charge < -0.3 is 10.2 Å². The number of carbonyl (C=O) groups excluding carboxylic acids is 1. The van der Waals surface area contributed by atoms with Crippen LogP contribution in [0.5, 0.6) is 0 Å². The molecule has 0 bridgehead atoms. The minimum Gasteiger partial charge on any atom is -0.339 e. The van der Waals surface area contributed by atoms with Crippen LogP contribution in [0, 0.1) is 12.8 Å². The summed E-state index contributed by atoms with van der Waals surface area (Å²) in [6, 6.07) is 8.63. The van der Waals surface area contributed by atoms with Crippen LogP contribution in [0.2, 0.25) is 0 Å². The van der Waals surface area contributed by atoms with E-state index in [-0.39, 0.29) is 18.3 Å². The van der Waals surface area contributed by atoms with E-state index in [1.54, 1.807) is 0 Å². The maximum atomic E-state index is 12.5. The van der Waals surface area contributed by atoms with Gasteiger partial charge in [-0.05, 0) is 57.2 Å². The van der Waals surface area contributed by atoms with Gasteiger partial charge in [0.05, 0.1) is 0 Å². The van der Waals surface area contributed by atoms with Gasteiger partial charge in [-0.1, -0.05) is 17.7 Å². The van der Waals surface area contributed by atoms with Gasteiger partial charge in [-0.2, -0.15) is 0 Å². The molecular weight excluding hydrogens is 284 g/mol. The molecule has 1 aromatic carbocycles. The lowest BCUT2D eigenvalue weighted by Crippen LogP contribution is -2.43. The molecule has 3 rings (SSSR count). The molecule has 1 unspecified atom stereocenters. The summed E-state index contributed by atoms with van der Waals surface area (Å²) in [4.78, 5) is 14.5. The van der Waals surface area contributed by atoms with E-state index in [1.165, 1.54) is 19.4 Å². The van der Waals surface area contributed by atoms with Crippen LogP contribution in [-0.2, 0) is 0 Å². The number of aryl methyl sites for hydroxylation is 1. The van der Waals surface area contributed by atoms with Gasteiger partial charge in [0.2, 0.25) is 0 Å². The summed E-state index contributed by atoms with van der Waals surface area (Å²) in [5.74, 6) is 0.964. The van der Waals surface area contributed by atoms with E-state index < -0.39 is 0 Å². The standard InChI is InChI=1S/C17H24N2O.ClH/c1-13-4-2-5-15(12-13)17(20)19-10-7-14(8-11-19)16-6-3-9-18-16;/h2,4-5,12,14,16,18H,3,6-11H2,1H3;1H. The highest BCUT2D eigenvalue weighted by Crippen LogP contribution is 2.26. The number of hydrogen-bond acceptors (Lipinski definition) is 2. The van der Waals surface area contributed by atoms with Crippen molar-refractivity contribution in [2.75, 3.05) is 19.6 Å². The first-order valence-electron chi connectivity index (χ1n) is 7.83. The Morgan fingerprint density at radius 3 is 2.62 bits per heavy atom. The monoisotopic (exact) mass is 308 g/mol. The molecule has 0 aliphatic carbocycles. The summed E-state index contributed by atoms with van der Waals surface area (Å²) in [6.07, 6.45) is 4.92. The summed E-state index contributed by atoms with van der Waals surface area (Å²) in [7, 11) is 0. The Morgan fingerprint density at radius 2 is 2.00 bits per heavy atom. The highest BCUT2D eigenvalue weighted by atomic mass is 35.5. The molecule has 3 nitrogen and oxygen atoms in total. The number of rotatable bonds is 2. The average molecular weight is 309 g/mol. The van der Waals surface area contributed by atoms with Crippen LogP contribution in [0.25, 0.3) is 0 Å². The normalized spacial score (nSPS) is 22.9. The SMILES string of the molecule is Cc1cccc(C(=O)N2CCC(C3CCCN3)CC2)c1.Cl. The van der Waals surface area contributed by atoms with Gasteiger partial charge in [-0.15, -0.1) is 12.4 Å². The summed E-state index contributed by atoms with van der Waals surface area (Å²) in [5, 5.41) is 3.61. The summed E-state index contributed by atoms with van der Waals surface area (Å²) >= 11 is 0. The molecule has 1 aromatic rings. The second-order valence-corrected chi connectivity index (χ2v) is 6.20. The molecule has 1 N–H and O–H groups in total. The fourth-order valence-corrected chi connectivity index (χ4v) is 3.58. The molecule has 116 valence electrons. The number of nitrogens with zero attached hydrogens (tertiary/aromatic N) is 1. The Hall–Kier alpha value is -1.06. The minimum atomic E-state index is 0. The fraction of sp³-hybridized carbons (Fsp3) is 0.588. The average Bonchev–Trinajstić information content (AvgIpc) is 3.01. The zero-order valence-electron chi connectivity index (χ0n) is 12.7. The van der Waals surface area contributed by atoms with Gasteiger partial charge in [0.15, 0.2) is 0 Å². The topological polar surface area (TPSA) is 32.3 Å². The molecule has 4 heteroatoms. The summed E-state index contributed by atoms with van der Waals surface area (Å²) < 4.78 is 0. The predicted molar refractivity (Wildman–Crippen MR) is 88.1 cm³/mol. The molecule has 1 atom stereocenters. The van der Waals surface area contributed by atoms with Crippen molar-refractivity contribution in [1.82, 2.24) is 10.2 Å². The van der Waals surface area contributed by atoms with Crippen LogP contribution < -0.4 is 5.32 Å². The number of piperidine rings is 1. The van der Waals surface area contributed by atoms with Crippen LogP contribution in [0.3, 0.4) is 0 Å². The molecule has 1 amide bonds. The molecule has 2 saturated heterocycles. The number of halogens is 1. The first kappa shape index (κ1) is 16.3. The van der Waals surface area contributed by atoms with E-state index in [9.17, 15) is 4.79 Å². The molecule has 0 radical (unpaired) electrons. The minimum absolute atomic E-state index is 0. The highest BCUT2D eigenvalue weighted by Gasteiger charge is 2.30. The van der Waals surface area contributed by atoms with Crippen LogP contribution in [0.15, 0.2) is 24.3 Å². The van der Waals surface area contributed by atoms with E-state index in [0.717, 1.165) is 43.0 Å². The fourth-order valence-electron chi connectivity index (χ4n) is 3.58. The van der Waals surface area contributed by atoms with Gasteiger partial charge in [0.25, 0.3) is 5.91 Å². The van der Waals surface area contributed by atoms with Gasteiger partial charge in [-0.3, -0.25) is 4.79 Å². The Balaban J connectivity index is 0.00000161. The van der Waals surface area contributed by atoms with Crippen molar-refractivity contribution in [3.05, 3.63) is 35.4 Å². The van der Waals surface area contributed by atoms with Gasteiger partial charge in [-0.25, -0.2) is 0 Å². The third-order valence-corrected chi connectivity index (χ3v) is 4.76. The second-order valence-electron chi connectivity index (χ2n) is 6.20. The van der Waals surface area contributed by atoms with E-state index in [4.69, 9.17) is 0 Å². The van der Waals surface area contributed by atoms with Gasteiger partial charge in [0.1, 0.15) is 0 Å². The van der Waals surface area contributed by atoms with Crippen molar-refractivity contribution in [3.8, 4) is 0 Å². The Kier molecular flexibility index (Phi) is 5.65. The quantitative estimate of drug-likeness (QED) is 0.911. The van der Waals surface area contributed by atoms with Crippen molar-refractivity contribution < 1.29 is 4.79 Å². The number of amides is 1. The molecule has 2 fully saturated rings. The van der Waals surface area contributed by atoms with E-state index in [2.05, 4.69) is 5.32 Å². The van der Waals surface area contributed by atoms with Gasteiger partial charge >= 0.3 is 0 Å². The smallest absolute Gasteiger partial charge is 0.253 e. The van der Waals surface area contributed by atoms with Crippen LogP contribution in [0.4, 0.5) is 0 Å². The van der Waals surface area contributed by atoms with Crippen LogP contribution in [0.1, 0.15) is 41.6 Å². The lowest BCUT2D eigenvalue weighted by Gasteiger charge is -2.35. The Bertz CT molecular complexity index is 477. The molecule has 21 heavy (non-hydrogen) atoms. The van der Waals surface area contributed by atoms with Crippen molar-refractivity contribution in [3.63, 3.8) is 0 Å². The molecule has 0 aromatic heterocycles. The second kappa shape index (κ2) is 7.28. The number of likely N-dealkylation sites (tertiary alicyclic amines) is 1. The van der Waals surface area contributed by atoms with Crippen molar-refractivity contribution in [2.45, 2.75) is 38.6 Å². The molecule has 0 saturated carbocycles. The molecular formula is C17H25ClN2O. The maximum absolute atomic E-state index is 12.5. The highest BCUT2D eigenvalue weighted by molar-refractivity contribution is 5.94. The van der Waals surface area contributed by atoms with Crippen LogP contribution >= 0.6 is 12.4 Å². The molecule has 2 aliphatic rings. The number of hydrogen-bond donors (Lipinski definition) is 1. The van der Waals surface area contributed by atoms with E-state index >= 15 is 0 Å². The van der Waals surface area contributed by atoms with Crippen LogP contribution in [-0.4, -0.2) is 36.5 Å². The lowest BCUT2D eigenvalue weighted by molar-refractivity contribution is 0.0674. The van der Waals surface area contributed by atoms with Crippen molar-refractivity contribution in [1.29, 1.82) is 0 Å². The lowest BCUT2D eigenvalue weighted by atomic mass is 9.88. The number of carbonyl (C=O) groups is 1. The van der Waals surface area contributed by atoms with Crippen molar-refractivity contribution >= 4 is 18.3 Å². The summed E-state index contributed by atoms with van der Waals surface area (Å²) in [6.45, 7) is 5.03. The molecule has 2 aliphatic heterocycles. The van der Waals surface area contributed by atoms with E-state index in [0.29, 0.717) is 6.04 Å². The number of nitrogens with one attached hydrogen (secondary N) is 1. The number of benzene rings is 1. The van der Waals surface area contributed by atoms with Crippen molar-refractivity contribution in [2.24, 2.45) is 5.92 Å². The summed E-state index contributed by atoms with van der Waals surface area (Å²) in [5.41, 5.74) is 1.99. The Labute approximate surface area is 133 Å². The first-order chi connectivity index (χ1) is 9.74. The third-order valence-electron chi connectivity index (χ3n) is 4.76. The molecule has 0 spiro atoms. The zero-order chi connectivity index (χ0) is 13.9. The predicted octanol–water partition coefficient (Wildman–Crippen LogP) is 3.02. The maximum Gasteiger partial charge on any atom is 0.253 e. The first-order valence-corrected chi connectivity index (χ1v) is 7.83. The molecule has 2 heterocycles. The van der Waals surface area contributed by atoms with E-state index in [1.807, 2.05) is 36.1 Å². The largest absolute Gasteiger partial charge is 0.339 e. The zero-order valence-corrected chi connectivity index (χ0v) is 13.5. The van der Waals surface area contributed by atoms with Gasteiger partial charge in [0, 0.05) is 24.7 Å². The Morgan fingerprint density at radius 1 is 1.24 bits per heavy atom.